The molecule has 0 radical (unpaired) electrons. The molecule has 1 aliphatic heterocycles. The fraction of sp³-hybridized carbons (Fsp3) is 0.500. The van der Waals surface area contributed by atoms with Crippen molar-refractivity contribution in [2.24, 2.45) is 0 Å². The van der Waals surface area contributed by atoms with E-state index in [2.05, 4.69) is 10.2 Å². The van der Waals surface area contributed by atoms with E-state index in [0.717, 1.165) is 0 Å². The van der Waals surface area contributed by atoms with Gasteiger partial charge in [0.2, 0.25) is 0 Å². The number of hydrogen-bond acceptors (Lipinski definition) is 3. The Labute approximate surface area is 79.9 Å². The maximum absolute atomic E-state index is 8.11. The van der Waals surface area contributed by atoms with Gasteiger partial charge in [-0.15, -0.1) is 0 Å². The van der Waals surface area contributed by atoms with Crippen LogP contribution in [0.3, 0.4) is 0 Å². The van der Waals surface area contributed by atoms with E-state index in [4.69, 9.17) is 13.7 Å². The summed E-state index contributed by atoms with van der Waals surface area (Å²) in [7, 11) is 0. The van der Waals surface area contributed by atoms with Gasteiger partial charge in [-0.3, -0.25) is 0 Å². The summed E-state index contributed by atoms with van der Waals surface area (Å²) in [4.78, 5) is 0. The van der Waals surface area contributed by atoms with Gasteiger partial charge in [0.1, 0.15) is 0 Å². The minimum atomic E-state index is -3.09. The summed E-state index contributed by atoms with van der Waals surface area (Å²) >= 11 is 0. The molecule has 11 heavy (non-hydrogen) atoms. The van der Waals surface area contributed by atoms with Crippen molar-refractivity contribution in [2.75, 3.05) is 6.50 Å². The van der Waals surface area contributed by atoms with Crippen LogP contribution in [-0.4, -0.2) is 16.7 Å². The van der Waals surface area contributed by atoms with Crippen molar-refractivity contribution in [2.45, 2.75) is 18.8 Å². The molecule has 0 aromatic carbocycles. The summed E-state index contributed by atoms with van der Waals surface area (Å²) in [5.41, 5.74) is -0.737. The van der Waals surface area contributed by atoms with Crippen LogP contribution in [0.4, 0.5) is 0 Å². The molecule has 2 heterocycles. The summed E-state index contributed by atoms with van der Waals surface area (Å²) in [5, 5.41) is 8.45. The van der Waals surface area contributed by atoms with E-state index < -0.39 is 49.2 Å². The highest BCUT2D eigenvalue weighted by Gasteiger charge is 2.16. The minimum Gasteiger partial charge on any atom is -0.309 e. The quantitative estimate of drug-likeness (QED) is 0.661. The van der Waals surface area contributed by atoms with Gasteiger partial charge >= 0.3 is 0 Å². The predicted molar refractivity (Wildman–Crippen MR) is 42.0 cm³/mol. The van der Waals surface area contributed by atoms with Crippen LogP contribution in [0.1, 0.15) is 38.2 Å². The van der Waals surface area contributed by atoms with Crippen molar-refractivity contribution in [3.05, 3.63) is 24.0 Å². The topological polar surface area (TPSA) is 37.8 Å². The third kappa shape index (κ3) is 1.38. The van der Waals surface area contributed by atoms with E-state index in [1.54, 1.807) is 0 Å². The lowest BCUT2D eigenvalue weighted by Gasteiger charge is -2.06. The number of aromatic nitrogens is 2. The first-order valence-corrected chi connectivity index (χ1v) is 2.90. The third-order valence-electron chi connectivity index (χ3n) is 1.11. The SMILES string of the molecule is [2H]c1nnc(C2([2H])NC([2H])([2H])C([2H])([2H])C2([2H])[2H])c([2H])c1[2H]. The van der Waals surface area contributed by atoms with Crippen LogP contribution in [0.5, 0.6) is 0 Å². The average Bonchev–Trinajstić information content (AvgIpc) is 2.43. The van der Waals surface area contributed by atoms with Gasteiger partial charge in [0.25, 0.3) is 0 Å². The highest BCUT2D eigenvalue weighted by molar-refractivity contribution is 5.06. The molecular weight excluding hydrogens is 138 g/mol. The van der Waals surface area contributed by atoms with E-state index in [1.165, 1.54) is 0 Å². The molecule has 1 fully saturated rings. The summed E-state index contributed by atoms with van der Waals surface area (Å²) < 4.78 is 76.4. The molecule has 1 aromatic heterocycles. The molecule has 1 unspecified atom stereocenters. The van der Waals surface area contributed by atoms with Crippen LogP contribution in [-0.2, 0) is 0 Å². The molecule has 0 amide bonds. The van der Waals surface area contributed by atoms with Crippen LogP contribution < -0.4 is 5.32 Å². The van der Waals surface area contributed by atoms with Gasteiger partial charge in [-0.2, -0.15) is 10.2 Å². The van der Waals surface area contributed by atoms with Crippen molar-refractivity contribution < 1.29 is 13.7 Å². The molecule has 3 nitrogen and oxygen atoms in total. The van der Waals surface area contributed by atoms with Crippen molar-refractivity contribution >= 4 is 0 Å². The maximum atomic E-state index is 8.11. The smallest absolute Gasteiger partial charge is 0.0860 e. The third-order valence-corrected chi connectivity index (χ3v) is 1.11. The molecule has 1 atom stereocenters. The normalized spacial score (nSPS) is 57.5. The second-order valence-electron chi connectivity index (χ2n) is 1.79. The van der Waals surface area contributed by atoms with Crippen LogP contribution in [0.25, 0.3) is 0 Å². The van der Waals surface area contributed by atoms with Crippen LogP contribution >= 0.6 is 0 Å². The average molecular weight is 159 g/mol. The molecule has 3 heteroatoms. The molecular formula is C8H11N3. The first kappa shape index (κ1) is 1.85. The van der Waals surface area contributed by atoms with E-state index >= 15 is 0 Å². The van der Waals surface area contributed by atoms with Gasteiger partial charge < -0.3 is 5.32 Å². The van der Waals surface area contributed by atoms with Gasteiger partial charge in [-0.05, 0) is 31.3 Å². The lowest BCUT2D eigenvalue weighted by Crippen LogP contribution is -2.14. The second kappa shape index (κ2) is 2.96. The Morgan fingerprint density at radius 2 is 2.91 bits per heavy atom. The Kier molecular flexibility index (Phi) is 0.499. The molecule has 0 aliphatic carbocycles. The van der Waals surface area contributed by atoms with Gasteiger partial charge in [-0.1, -0.05) is 0 Å². The van der Waals surface area contributed by atoms with Gasteiger partial charge in [0.15, 0.2) is 0 Å². The second-order valence-corrected chi connectivity index (χ2v) is 1.79. The lowest BCUT2D eigenvalue weighted by atomic mass is 10.1. The van der Waals surface area contributed by atoms with Crippen molar-refractivity contribution in [1.82, 2.24) is 15.5 Å². The van der Waals surface area contributed by atoms with Crippen molar-refractivity contribution in [1.29, 1.82) is 0 Å². The lowest BCUT2D eigenvalue weighted by molar-refractivity contribution is 0.616. The first-order valence-electron chi connectivity index (χ1n) is 7.90. The van der Waals surface area contributed by atoms with E-state index in [-0.39, 0.29) is 0 Å². The van der Waals surface area contributed by atoms with Crippen LogP contribution in [0, 0.1) is 0 Å². The molecule has 0 spiro atoms. The largest absolute Gasteiger partial charge is 0.309 e. The fourth-order valence-electron chi connectivity index (χ4n) is 0.662. The Morgan fingerprint density at radius 1 is 1.91 bits per heavy atom. The fourth-order valence-corrected chi connectivity index (χ4v) is 0.662. The Morgan fingerprint density at radius 3 is 3.73 bits per heavy atom. The Balaban J connectivity index is 2.72. The number of nitrogens with zero attached hydrogens (tertiary/aromatic N) is 2. The zero-order valence-electron chi connectivity index (χ0n) is 15.4. The molecule has 1 aromatic rings. The number of rotatable bonds is 1. The van der Waals surface area contributed by atoms with E-state index in [9.17, 15) is 0 Å². The van der Waals surface area contributed by atoms with Crippen molar-refractivity contribution in [3.63, 3.8) is 0 Å². The highest BCUT2D eigenvalue weighted by atomic mass is 15.1. The number of nitrogens with one attached hydrogen (secondary N) is 1. The first-order chi connectivity index (χ1) is 9.29. The zero-order valence-corrected chi connectivity index (χ0v) is 5.39. The summed E-state index contributed by atoms with van der Waals surface area (Å²) in [6.07, 6.45) is -6.82. The van der Waals surface area contributed by atoms with Gasteiger partial charge in [-0.25, -0.2) is 0 Å². The minimum absolute atomic E-state index is 0.642. The van der Waals surface area contributed by atoms with Gasteiger partial charge in [0, 0.05) is 14.4 Å². The molecule has 1 aliphatic rings. The van der Waals surface area contributed by atoms with Crippen LogP contribution in [0.15, 0.2) is 18.3 Å². The predicted octanol–water partition coefficient (Wildman–Crippen LogP) is 0.901. The van der Waals surface area contributed by atoms with E-state index in [0.29, 0.717) is 0 Å². The molecule has 0 saturated carbocycles. The zero-order chi connectivity index (χ0) is 16.4. The molecule has 58 valence electrons. The standard InChI is InChI=1S/C8H11N3/c1-3-7(9-5-1)8-4-2-6-10-11-8/h2,4,6-7,9H,1,3,5H2/i1D2,2D,3D2,4D,5D2,6D,7D. The maximum Gasteiger partial charge on any atom is 0.0860 e. The highest BCUT2D eigenvalue weighted by Crippen LogP contribution is 2.19. The number of hydrogen-bond donors (Lipinski definition) is 1. The summed E-state index contributed by atoms with van der Waals surface area (Å²) in [6, 6.07) is -4.22. The molecule has 1 N–H and O–H groups in total. The van der Waals surface area contributed by atoms with Crippen molar-refractivity contribution in [3.8, 4) is 0 Å². The van der Waals surface area contributed by atoms with Gasteiger partial charge in [0.05, 0.1) is 17.2 Å². The molecule has 2 rings (SSSR count). The molecule has 0 bridgehead atoms. The Hall–Kier alpha value is -0.960. The monoisotopic (exact) mass is 159 g/mol. The van der Waals surface area contributed by atoms with Crippen LogP contribution in [0.2, 0.25) is 0 Å². The Bertz CT molecular complexity index is 602. The molecule has 1 saturated heterocycles. The summed E-state index contributed by atoms with van der Waals surface area (Å²) in [6.45, 7) is -2.89. The van der Waals surface area contributed by atoms with E-state index in [1.807, 2.05) is 5.32 Å². The summed E-state index contributed by atoms with van der Waals surface area (Å²) in [5.74, 6) is 0.